The third-order valence-corrected chi connectivity index (χ3v) is 6.14. The van der Waals surface area contributed by atoms with Gasteiger partial charge in [0.2, 0.25) is 5.91 Å². The number of fused-ring (bicyclic) bond motifs is 1. The molecule has 4 rings (SSSR count). The zero-order valence-electron chi connectivity index (χ0n) is 14.1. The first-order valence-electron chi connectivity index (χ1n) is 8.54. The fourth-order valence-corrected chi connectivity index (χ4v) is 4.77. The van der Waals surface area contributed by atoms with E-state index in [1.807, 2.05) is 12.1 Å². The molecule has 132 valence electrons. The van der Waals surface area contributed by atoms with Gasteiger partial charge in [0, 0.05) is 41.9 Å². The van der Waals surface area contributed by atoms with E-state index in [0.717, 1.165) is 34.4 Å². The van der Waals surface area contributed by atoms with Crippen molar-refractivity contribution in [1.29, 1.82) is 0 Å². The zero-order valence-corrected chi connectivity index (χ0v) is 14.9. The number of phenolic OH excluding ortho intramolecular Hbond substituents is 1. The van der Waals surface area contributed by atoms with Crippen molar-refractivity contribution >= 4 is 22.4 Å². The normalized spacial score (nSPS) is 20.1. The first-order chi connectivity index (χ1) is 12.2. The summed E-state index contributed by atoms with van der Waals surface area (Å²) in [5, 5.41) is 14.4. The monoisotopic (exact) mass is 359 g/mol. The number of methoxy groups -OCH3 is 1. The molecule has 0 bridgehead atoms. The molecular weight excluding hydrogens is 338 g/mol. The molecule has 0 spiro atoms. The zero-order chi connectivity index (χ0) is 17.4. The summed E-state index contributed by atoms with van der Waals surface area (Å²) in [6.07, 6.45) is 2.71. The highest BCUT2D eigenvalue weighted by Crippen LogP contribution is 2.43. The number of aromatic hydroxyl groups is 1. The van der Waals surface area contributed by atoms with Crippen LogP contribution in [0.1, 0.15) is 41.3 Å². The third kappa shape index (κ3) is 3.04. The number of anilines is 1. The van der Waals surface area contributed by atoms with Gasteiger partial charge in [0.1, 0.15) is 11.5 Å². The molecule has 7 heteroatoms. The van der Waals surface area contributed by atoms with E-state index >= 15 is 0 Å². The Morgan fingerprint density at radius 2 is 2.16 bits per heavy atom. The maximum atomic E-state index is 12.2. The average Bonchev–Trinajstić information content (AvgIpc) is 3.25. The Balaban J connectivity index is 1.75. The second kappa shape index (κ2) is 6.55. The van der Waals surface area contributed by atoms with Crippen molar-refractivity contribution in [2.45, 2.75) is 31.7 Å². The molecule has 1 fully saturated rings. The van der Waals surface area contributed by atoms with Gasteiger partial charge >= 0.3 is 0 Å². The van der Waals surface area contributed by atoms with Crippen molar-refractivity contribution in [3.05, 3.63) is 34.3 Å². The van der Waals surface area contributed by atoms with Crippen LogP contribution in [0.25, 0.3) is 0 Å². The minimum absolute atomic E-state index is 0.0202. The van der Waals surface area contributed by atoms with Crippen LogP contribution < -0.4 is 15.0 Å². The number of rotatable bonds is 3. The number of carbonyl (C=O) groups excluding carboxylic acids is 1. The van der Waals surface area contributed by atoms with Crippen LogP contribution in [-0.2, 0) is 11.3 Å². The first kappa shape index (κ1) is 16.2. The van der Waals surface area contributed by atoms with E-state index in [9.17, 15) is 9.90 Å². The van der Waals surface area contributed by atoms with Crippen LogP contribution in [0.2, 0.25) is 0 Å². The molecule has 1 saturated heterocycles. The third-order valence-electron chi connectivity index (χ3n) is 4.86. The summed E-state index contributed by atoms with van der Waals surface area (Å²) in [5.41, 5.74) is 1.66. The van der Waals surface area contributed by atoms with Crippen molar-refractivity contribution in [3.8, 4) is 11.5 Å². The van der Waals surface area contributed by atoms with Crippen molar-refractivity contribution < 1.29 is 14.6 Å². The summed E-state index contributed by atoms with van der Waals surface area (Å²) in [4.78, 5) is 20.3. The highest BCUT2D eigenvalue weighted by Gasteiger charge is 2.31. The standard InChI is InChI=1S/C18H21N3O3S/c1-24-11-4-5-12(15(22)8-11)13-9-16(23)19-10-14-17(13)25-18(20-14)21-6-2-3-7-21/h4-5,8,13,22H,2-3,6-7,9-10H2,1H3,(H,19,23). The molecule has 2 aliphatic heterocycles. The van der Waals surface area contributed by atoms with E-state index in [1.165, 1.54) is 12.8 Å². The minimum atomic E-state index is -0.183. The minimum Gasteiger partial charge on any atom is -0.508 e. The lowest BCUT2D eigenvalue weighted by atomic mass is 9.92. The first-order valence-corrected chi connectivity index (χ1v) is 9.35. The number of nitrogens with zero attached hydrogens (tertiary/aromatic N) is 2. The fraction of sp³-hybridized carbons (Fsp3) is 0.444. The molecule has 1 amide bonds. The largest absolute Gasteiger partial charge is 0.508 e. The number of carbonyl (C=O) groups is 1. The molecule has 1 aromatic heterocycles. The molecule has 1 aromatic carbocycles. The number of nitrogens with one attached hydrogen (secondary N) is 1. The quantitative estimate of drug-likeness (QED) is 0.881. The SMILES string of the molecule is COc1ccc(C2CC(=O)NCc3nc(N4CCCC4)sc32)c(O)c1. The molecule has 0 saturated carbocycles. The maximum Gasteiger partial charge on any atom is 0.221 e. The topological polar surface area (TPSA) is 74.7 Å². The number of hydrogen-bond donors (Lipinski definition) is 2. The van der Waals surface area contributed by atoms with Crippen LogP contribution in [0, 0.1) is 0 Å². The van der Waals surface area contributed by atoms with Crippen LogP contribution in [0.3, 0.4) is 0 Å². The molecule has 2 N–H and O–H groups in total. The number of benzene rings is 1. The van der Waals surface area contributed by atoms with Crippen molar-refractivity contribution in [1.82, 2.24) is 10.3 Å². The fourth-order valence-electron chi connectivity index (χ4n) is 3.52. The average molecular weight is 359 g/mol. The van der Waals surface area contributed by atoms with Crippen LogP contribution >= 0.6 is 11.3 Å². The second-order valence-electron chi connectivity index (χ2n) is 6.46. The van der Waals surface area contributed by atoms with E-state index in [0.29, 0.717) is 18.7 Å². The van der Waals surface area contributed by atoms with Gasteiger partial charge in [-0.1, -0.05) is 6.07 Å². The van der Waals surface area contributed by atoms with E-state index in [2.05, 4.69) is 10.2 Å². The molecule has 2 aromatic rings. The van der Waals surface area contributed by atoms with Crippen molar-refractivity contribution in [2.75, 3.05) is 25.1 Å². The van der Waals surface area contributed by atoms with Gasteiger partial charge in [0.05, 0.1) is 19.3 Å². The van der Waals surface area contributed by atoms with Gasteiger partial charge in [-0.2, -0.15) is 0 Å². The lowest BCUT2D eigenvalue weighted by Crippen LogP contribution is -2.22. The number of aromatic nitrogens is 1. The summed E-state index contributed by atoms with van der Waals surface area (Å²) in [5.74, 6) is 0.549. The van der Waals surface area contributed by atoms with Gasteiger partial charge in [-0.25, -0.2) is 4.98 Å². The summed E-state index contributed by atoms with van der Waals surface area (Å²) in [6, 6.07) is 5.26. The Hall–Kier alpha value is -2.28. The number of phenols is 1. The molecule has 1 unspecified atom stereocenters. The van der Waals surface area contributed by atoms with E-state index in [1.54, 1.807) is 24.5 Å². The molecule has 0 aliphatic carbocycles. The Morgan fingerprint density at radius 1 is 1.36 bits per heavy atom. The molecule has 25 heavy (non-hydrogen) atoms. The Bertz CT molecular complexity index is 799. The second-order valence-corrected chi connectivity index (χ2v) is 7.47. The predicted octanol–water partition coefficient (Wildman–Crippen LogP) is 2.61. The molecule has 6 nitrogen and oxygen atoms in total. The van der Waals surface area contributed by atoms with Crippen LogP contribution in [-0.4, -0.2) is 36.2 Å². The smallest absolute Gasteiger partial charge is 0.221 e. The lowest BCUT2D eigenvalue weighted by Gasteiger charge is -2.16. The highest BCUT2D eigenvalue weighted by atomic mass is 32.1. The van der Waals surface area contributed by atoms with Gasteiger partial charge in [-0.05, 0) is 18.9 Å². The van der Waals surface area contributed by atoms with Crippen molar-refractivity contribution in [3.63, 3.8) is 0 Å². The summed E-state index contributed by atoms with van der Waals surface area (Å²) in [6.45, 7) is 2.53. The van der Waals surface area contributed by atoms with Crippen LogP contribution in [0.4, 0.5) is 5.13 Å². The number of amides is 1. The molecule has 3 heterocycles. The van der Waals surface area contributed by atoms with Gasteiger partial charge in [-0.15, -0.1) is 11.3 Å². The molecule has 0 radical (unpaired) electrons. The van der Waals surface area contributed by atoms with E-state index < -0.39 is 0 Å². The lowest BCUT2D eigenvalue weighted by molar-refractivity contribution is -0.121. The van der Waals surface area contributed by atoms with Gasteiger partial charge in [0.15, 0.2) is 5.13 Å². The molecule has 2 aliphatic rings. The number of ether oxygens (including phenoxy) is 1. The predicted molar refractivity (Wildman–Crippen MR) is 96.5 cm³/mol. The van der Waals surface area contributed by atoms with Gasteiger partial charge < -0.3 is 20.1 Å². The highest BCUT2D eigenvalue weighted by molar-refractivity contribution is 7.15. The summed E-state index contributed by atoms with van der Waals surface area (Å²) in [7, 11) is 1.57. The van der Waals surface area contributed by atoms with Crippen molar-refractivity contribution in [2.24, 2.45) is 0 Å². The molecule has 1 atom stereocenters. The Morgan fingerprint density at radius 3 is 2.88 bits per heavy atom. The Kier molecular flexibility index (Phi) is 4.25. The number of hydrogen-bond acceptors (Lipinski definition) is 6. The summed E-state index contributed by atoms with van der Waals surface area (Å²) < 4.78 is 5.17. The van der Waals surface area contributed by atoms with E-state index in [4.69, 9.17) is 9.72 Å². The summed E-state index contributed by atoms with van der Waals surface area (Å²) >= 11 is 1.65. The van der Waals surface area contributed by atoms with Crippen LogP contribution in [0.15, 0.2) is 18.2 Å². The van der Waals surface area contributed by atoms with E-state index in [-0.39, 0.29) is 17.6 Å². The van der Waals surface area contributed by atoms with Crippen LogP contribution in [0.5, 0.6) is 11.5 Å². The van der Waals surface area contributed by atoms with Gasteiger partial charge in [-0.3, -0.25) is 4.79 Å². The van der Waals surface area contributed by atoms with Gasteiger partial charge in [0.25, 0.3) is 0 Å². The maximum absolute atomic E-state index is 12.2. The number of thiazole rings is 1. The Labute approximate surface area is 150 Å². The molecular formula is C18H21N3O3S.